The summed E-state index contributed by atoms with van der Waals surface area (Å²) in [7, 11) is 0. The molecule has 1 aliphatic heterocycles. The van der Waals surface area contributed by atoms with Crippen LogP contribution in [0, 0.1) is 17.8 Å². The number of carbonyl (C=O) groups is 2. The van der Waals surface area contributed by atoms with Crippen molar-refractivity contribution >= 4 is 11.8 Å². The molecule has 3 aliphatic rings. The predicted octanol–water partition coefficient (Wildman–Crippen LogP) is 2.26. The van der Waals surface area contributed by atoms with Gasteiger partial charge in [0.05, 0.1) is 5.92 Å². The zero-order valence-electron chi connectivity index (χ0n) is 14.5. The van der Waals surface area contributed by atoms with Gasteiger partial charge in [-0.1, -0.05) is 12.1 Å². The molecule has 1 aromatic rings. The Balaban J connectivity index is 1.32. The van der Waals surface area contributed by atoms with Gasteiger partial charge in [-0.2, -0.15) is 0 Å². The Morgan fingerprint density at radius 3 is 2.84 bits per heavy atom. The summed E-state index contributed by atoms with van der Waals surface area (Å²) >= 11 is 0. The fraction of sp³-hybridized carbons (Fsp3) is 0.600. The van der Waals surface area contributed by atoms with Crippen LogP contribution in [-0.4, -0.2) is 41.5 Å². The van der Waals surface area contributed by atoms with E-state index in [1.807, 2.05) is 17.0 Å². The topological polar surface area (TPSA) is 69.6 Å². The minimum atomic E-state index is -0.0607. The lowest BCUT2D eigenvalue weighted by molar-refractivity contribution is -0.136. The molecule has 0 aromatic heterocycles. The minimum absolute atomic E-state index is 0.00933. The molecule has 2 N–H and O–H groups in total. The SMILES string of the molecule is O=C(NCC1CC1)[C@@H]1CCCN(C(=O)[C@H]2C[C@@H]2c2cccc(O)c2)C1. The van der Waals surface area contributed by atoms with E-state index in [2.05, 4.69) is 5.32 Å². The number of carbonyl (C=O) groups excluding carboxylic acids is 2. The van der Waals surface area contributed by atoms with Crippen molar-refractivity contribution in [2.75, 3.05) is 19.6 Å². The van der Waals surface area contributed by atoms with Gasteiger partial charge in [-0.05, 0) is 61.6 Å². The molecule has 3 atom stereocenters. The molecule has 0 bridgehead atoms. The van der Waals surface area contributed by atoms with Gasteiger partial charge in [-0.3, -0.25) is 9.59 Å². The number of likely N-dealkylation sites (tertiary alicyclic amines) is 1. The first-order chi connectivity index (χ1) is 12.1. The lowest BCUT2D eigenvalue weighted by Crippen LogP contribution is -2.46. The van der Waals surface area contributed by atoms with Gasteiger partial charge in [-0.15, -0.1) is 0 Å². The van der Waals surface area contributed by atoms with E-state index in [0.717, 1.165) is 37.9 Å². The molecule has 1 heterocycles. The molecule has 4 rings (SSSR count). The van der Waals surface area contributed by atoms with Crippen molar-refractivity contribution in [1.82, 2.24) is 10.2 Å². The van der Waals surface area contributed by atoms with E-state index in [0.29, 0.717) is 12.5 Å². The van der Waals surface area contributed by atoms with Crippen LogP contribution in [0.15, 0.2) is 24.3 Å². The monoisotopic (exact) mass is 342 g/mol. The number of aromatic hydroxyl groups is 1. The average molecular weight is 342 g/mol. The standard InChI is InChI=1S/C20H26N2O3/c23-16-5-1-3-14(9-16)17-10-18(17)20(25)22-8-2-4-15(12-22)19(24)21-11-13-6-7-13/h1,3,5,9,13,15,17-18,23H,2,4,6-8,10-12H2,(H,21,24)/t15-,17-,18+/m1/s1. The van der Waals surface area contributed by atoms with Crippen molar-refractivity contribution in [3.63, 3.8) is 0 Å². The lowest BCUT2D eigenvalue weighted by atomic mass is 9.96. The molecule has 25 heavy (non-hydrogen) atoms. The van der Waals surface area contributed by atoms with Crippen LogP contribution >= 0.6 is 0 Å². The second-order valence-corrected chi connectivity index (χ2v) is 7.86. The van der Waals surface area contributed by atoms with Gasteiger partial charge in [0, 0.05) is 25.6 Å². The van der Waals surface area contributed by atoms with Gasteiger partial charge in [0.1, 0.15) is 5.75 Å². The lowest BCUT2D eigenvalue weighted by Gasteiger charge is -2.32. The number of amides is 2. The Bertz CT molecular complexity index is 671. The maximum absolute atomic E-state index is 12.8. The number of hydrogen-bond donors (Lipinski definition) is 2. The molecule has 3 fully saturated rings. The quantitative estimate of drug-likeness (QED) is 0.862. The van der Waals surface area contributed by atoms with E-state index in [9.17, 15) is 14.7 Å². The van der Waals surface area contributed by atoms with Crippen LogP contribution in [0.25, 0.3) is 0 Å². The van der Waals surface area contributed by atoms with Gasteiger partial charge >= 0.3 is 0 Å². The summed E-state index contributed by atoms with van der Waals surface area (Å²) in [5, 5.41) is 12.7. The zero-order valence-corrected chi connectivity index (χ0v) is 14.5. The molecule has 134 valence electrons. The third-order valence-corrected chi connectivity index (χ3v) is 5.77. The van der Waals surface area contributed by atoms with Crippen molar-refractivity contribution in [3.05, 3.63) is 29.8 Å². The highest BCUT2D eigenvalue weighted by Crippen LogP contribution is 2.49. The van der Waals surface area contributed by atoms with Crippen molar-refractivity contribution < 1.29 is 14.7 Å². The number of nitrogens with one attached hydrogen (secondary N) is 1. The Labute approximate surface area is 148 Å². The number of hydrogen-bond acceptors (Lipinski definition) is 3. The third-order valence-electron chi connectivity index (χ3n) is 5.77. The molecular formula is C20H26N2O3. The smallest absolute Gasteiger partial charge is 0.226 e. The molecule has 2 aliphatic carbocycles. The van der Waals surface area contributed by atoms with Crippen LogP contribution in [0.4, 0.5) is 0 Å². The second-order valence-electron chi connectivity index (χ2n) is 7.86. The molecule has 1 saturated heterocycles. The summed E-state index contributed by atoms with van der Waals surface area (Å²) in [6.07, 6.45) is 5.08. The molecular weight excluding hydrogens is 316 g/mol. The van der Waals surface area contributed by atoms with Gasteiger partial charge in [-0.25, -0.2) is 0 Å². The Hall–Kier alpha value is -2.04. The summed E-state index contributed by atoms with van der Waals surface area (Å²) in [6, 6.07) is 7.20. The Morgan fingerprint density at radius 1 is 1.24 bits per heavy atom. The third kappa shape index (κ3) is 3.80. The number of phenols is 1. The maximum atomic E-state index is 12.8. The first kappa shape index (κ1) is 16.4. The number of nitrogens with zero attached hydrogens (tertiary/aromatic N) is 1. The van der Waals surface area contributed by atoms with Crippen LogP contribution < -0.4 is 5.32 Å². The summed E-state index contributed by atoms with van der Waals surface area (Å²) < 4.78 is 0. The van der Waals surface area contributed by atoms with E-state index in [1.165, 1.54) is 12.8 Å². The summed E-state index contributed by atoms with van der Waals surface area (Å²) in [5.74, 6) is 1.38. The zero-order chi connectivity index (χ0) is 17.4. The Morgan fingerprint density at radius 2 is 2.08 bits per heavy atom. The van der Waals surface area contributed by atoms with Crippen LogP contribution in [0.1, 0.15) is 43.6 Å². The van der Waals surface area contributed by atoms with E-state index in [-0.39, 0.29) is 35.3 Å². The highest BCUT2D eigenvalue weighted by Gasteiger charge is 2.46. The average Bonchev–Trinajstić information content (AvgIpc) is 3.53. The molecule has 2 amide bonds. The summed E-state index contributed by atoms with van der Waals surface area (Å²) in [6.45, 7) is 2.11. The van der Waals surface area contributed by atoms with Crippen molar-refractivity contribution in [2.45, 2.75) is 38.0 Å². The van der Waals surface area contributed by atoms with Crippen molar-refractivity contribution in [2.24, 2.45) is 17.8 Å². The number of piperidine rings is 1. The van der Waals surface area contributed by atoms with Gasteiger partial charge < -0.3 is 15.3 Å². The van der Waals surface area contributed by atoms with Crippen LogP contribution in [0.3, 0.4) is 0 Å². The molecule has 2 saturated carbocycles. The van der Waals surface area contributed by atoms with Gasteiger partial charge in [0.15, 0.2) is 0 Å². The van der Waals surface area contributed by atoms with Crippen LogP contribution in [0.2, 0.25) is 0 Å². The normalized spacial score (nSPS) is 28.5. The summed E-state index contributed by atoms with van der Waals surface area (Å²) in [5.41, 5.74) is 1.04. The van der Waals surface area contributed by atoms with E-state index < -0.39 is 0 Å². The number of benzene rings is 1. The molecule has 0 unspecified atom stereocenters. The number of rotatable bonds is 5. The molecule has 0 spiro atoms. The molecule has 5 heteroatoms. The first-order valence-corrected chi connectivity index (χ1v) is 9.47. The molecule has 0 radical (unpaired) electrons. The highest BCUT2D eigenvalue weighted by molar-refractivity contribution is 5.85. The van der Waals surface area contributed by atoms with E-state index >= 15 is 0 Å². The predicted molar refractivity (Wildman–Crippen MR) is 94.0 cm³/mol. The fourth-order valence-corrected chi connectivity index (χ4v) is 3.93. The van der Waals surface area contributed by atoms with Crippen LogP contribution in [0.5, 0.6) is 5.75 Å². The second kappa shape index (κ2) is 6.70. The highest BCUT2D eigenvalue weighted by atomic mass is 16.3. The molecule has 1 aromatic carbocycles. The van der Waals surface area contributed by atoms with Crippen LogP contribution in [-0.2, 0) is 9.59 Å². The van der Waals surface area contributed by atoms with Crippen molar-refractivity contribution in [3.8, 4) is 5.75 Å². The van der Waals surface area contributed by atoms with E-state index in [4.69, 9.17) is 0 Å². The minimum Gasteiger partial charge on any atom is -0.508 e. The van der Waals surface area contributed by atoms with Gasteiger partial charge in [0.25, 0.3) is 0 Å². The Kier molecular flexibility index (Phi) is 4.40. The van der Waals surface area contributed by atoms with Gasteiger partial charge in [0.2, 0.25) is 11.8 Å². The van der Waals surface area contributed by atoms with Crippen molar-refractivity contribution in [1.29, 1.82) is 0 Å². The fourth-order valence-electron chi connectivity index (χ4n) is 3.93. The number of phenolic OH excluding ortho intramolecular Hbond substituents is 1. The molecule has 5 nitrogen and oxygen atoms in total. The van der Waals surface area contributed by atoms with E-state index in [1.54, 1.807) is 12.1 Å². The summed E-state index contributed by atoms with van der Waals surface area (Å²) in [4.78, 5) is 27.0. The maximum Gasteiger partial charge on any atom is 0.226 e. The largest absolute Gasteiger partial charge is 0.508 e. The first-order valence-electron chi connectivity index (χ1n) is 9.47.